The summed E-state index contributed by atoms with van der Waals surface area (Å²) in [4.78, 5) is 44.7. The van der Waals surface area contributed by atoms with Crippen molar-refractivity contribution in [3.05, 3.63) is 23.8 Å². The molecule has 110 valence electrons. The second-order valence-corrected chi connectivity index (χ2v) is 4.22. The summed E-state index contributed by atoms with van der Waals surface area (Å²) in [6.45, 7) is 0. The van der Waals surface area contributed by atoms with Gasteiger partial charge in [0.2, 0.25) is 0 Å². The SMILES string of the molecule is COc1cc(C=O)ccc1OC(=O)C[C@@H]1NC(=O)NC1=O. The van der Waals surface area contributed by atoms with E-state index in [9.17, 15) is 19.2 Å². The summed E-state index contributed by atoms with van der Waals surface area (Å²) < 4.78 is 10.1. The number of hydrogen-bond donors (Lipinski definition) is 2. The molecule has 0 unspecified atom stereocenters. The molecule has 1 aliphatic heterocycles. The van der Waals surface area contributed by atoms with Gasteiger partial charge in [0, 0.05) is 5.56 Å². The van der Waals surface area contributed by atoms with Gasteiger partial charge in [-0.25, -0.2) is 4.79 Å². The molecule has 0 radical (unpaired) electrons. The van der Waals surface area contributed by atoms with Crippen LogP contribution >= 0.6 is 0 Å². The molecule has 0 aromatic heterocycles. The van der Waals surface area contributed by atoms with E-state index in [1.807, 2.05) is 5.32 Å². The fourth-order valence-electron chi connectivity index (χ4n) is 1.78. The van der Waals surface area contributed by atoms with Crippen LogP contribution in [0.15, 0.2) is 18.2 Å². The Morgan fingerprint density at radius 2 is 2.10 bits per heavy atom. The summed E-state index contributed by atoms with van der Waals surface area (Å²) >= 11 is 0. The van der Waals surface area contributed by atoms with E-state index in [0.29, 0.717) is 11.8 Å². The average molecular weight is 292 g/mol. The topological polar surface area (TPSA) is 111 Å². The summed E-state index contributed by atoms with van der Waals surface area (Å²) in [6.07, 6.45) is 0.322. The van der Waals surface area contributed by atoms with E-state index in [1.165, 1.54) is 25.3 Å². The molecule has 1 heterocycles. The standard InChI is InChI=1S/C13H12N2O6/c1-20-10-4-7(6-16)2-3-9(10)21-11(17)5-8-12(18)15-13(19)14-8/h2-4,6,8H,5H2,1H3,(H2,14,15,18,19)/t8-/m0/s1. The highest BCUT2D eigenvalue weighted by molar-refractivity contribution is 6.05. The molecule has 1 aromatic rings. The normalized spacial score (nSPS) is 16.9. The molecule has 1 atom stereocenters. The highest BCUT2D eigenvalue weighted by atomic mass is 16.6. The van der Waals surface area contributed by atoms with Crippen molar-refractivity contribution < 1.29 is 28.7 Å². The summed E-state index contributed by atoms with van der Waals surface area (Å²) in [6, 6.07) is 2.69. The number of rotatable bonds is 5. The second kappa shape index (κ2) is 6.04. The molecule has 0 aliphatic carbocycles. The fourth-order valence-corrected chi connectivity index (χ4v) is 1.78. The van der Waals surface area contributed by atoms with E-state index in [2.05, 4.69) is 5.32 Å². The maximum atomic E-state index is 11.8. The van der Waals surface area contributed by atoms with Gasteiger partial charge in [-0.05, 0) is 18.2 Å². The molecular formula is C13H12N2O6. The number of imide groups is 1. The van der Waals surface area contributed by atoms with Crippen LogP contribution < -0.4 is 20.1 Å². The average Bonchev–Trinajstić information content (AvgIpc) is 2.77. The van der Waals surface area contributed by atoms with Gasteiger partial charge < -0.3 is 14.8 Å². The second-order valence-electron chi connectivity index (χ2n) is 4.22. The molecule has 0 saturated carbocycles. The van der Waals surface area contributed by atoms with E-state index < -0.39 is 23.9 Å². The Morgan fingerprint density at radius 3 is 2.67 bits per heavy atom. The van der Waals surface area contributed by atoms with Crippen LogP contribution in [0, 0.1) is 0 Å². The zero-order valence-corrected chi connectivity index (χ0v) is 11.0. The third-order valence-corrected chi connectivity index (χ3v) is 2.78. The highest BCUT2D eigenvalue weighted by Gasteiger charge is 2.32. The molecule has 8 heteroatoms. The van der Waals surface area contributed by atoms with Gasteiger partial charge in [0.1, 0.15) is 12.3 Å². The van der Waals surface area contributed by atoms with Crippen LogP contribution in [0.3, 0.4) is 0 Å². The molecule has 1 saturated heterocycles. The first-order valence-corrected chi connectivity index (χ1v) is 5.98. The van der Waals surface area contributed by atoms with E-state index in [0.717, 1.165) is 0 Å². The number of nitrogens with one attached hydrogen (secondary N) is 2. The molecule has 2 rings (SSSR count). The van der Waals surface area contributed by atoms with Crippen molar-refractivity contribution in [2.24, 2.45) is 0 Å². The molecule has 1 aromatic carbocycles. The minimum Gasteiger partial charge on any atom is -0.493 e. The van der Waals surface area contributed by atoms with Crippen LogP contribution in [0.2, 0.25) is 0 Å². The van der Waals surface area contributed by atoms with Crippen molar-refractivity contribution in [2.45, 2.75) is 12.5 Å². The Hall–Kier alpha value is -2.90. The lowest BCUT2D eigenvalue weighted by Crippen LogP contribution is -2.32. The van der Waals surface area contributed by atoms with E-state index in [4.69, 9.17) is 9.47 Å². The van der Waals surface area contributed by atoms with Crippen molar-refractivity contribution >= 4 is 24.2 Å². The number of hydrogen-bond acceptors (Lipinski definition) is 6. The Kier molecular flexibility index (Phi) is 4.17. The minimum absolute atomic E-state index is 0.123. The summed E-state index contributed by atoms with van der Waals surface area (Å²) in [7, 11) is 1.37. The third-order valence-electron chi connectivity index (χ3n) is 2.78. The monoisotopic (exact) mass is 292 g/mol. The van der Waals surface area contributed by atoms with Crippen LogP contribution in [0.25, 0.3) is 0 Å². The number of urea groups is 1. The van der Waals surface area contributed by atoms with Crippen molar-refractivity contribution in [3.8, 4) is 11.5 Å². The quantitative estimate of drug-likeness (QED) is 0.342. The van der Waals surface area contributed by atoms with Crippen LogP contribution in [0.4, 0.5) is 4.79 Å². The van der Waals surface area contributed by atoms with Gasteiger partial charge in [-0.3, -0.25) is 19.7 Å². The predicted octanol–water partition coefficient (Wildman–Crippen LogP) is 0.0112. The van der Waals surface area contributed by atoms with Gasteiger partial charge in [-0.15, -0.1) is 0 Å². The Bertz CT molecular complexity index is 613. The van der Waals surface area contributed by atoms with Gasteiger partial charge >= 0.3 is 12.0 Å². The number of benzene rings is 1. The number of ether oxygens (including phenoxy) is 2. The zero-order chi connectivity index (χ0) is 15.4. The van der Waals surface area contributed by atoms with Crippen LogP contribution in [0.5, 0.6) is 11.5 Å². The minimum atomic E-state index is -0.953. The number of carbonyl (C=O) groups is 4. The Labute approximate surface area is 119 Å². The van der Waals surface area contributed by atoms with Crippen molar-refractivity contribution in [1.82, 2.24) is 10.6 Å². The summed E-state index contributed by atoms with van der Waals surface area (Å²) in [5, 5.41) is 4.30. The van der Waals surface area contributed by atoms with Crippen LogP contribution in [0.1, 0.15) is 16.8 Å². The van der Waals surface area contributed by atoms with E-state index in [-0.39, 0.29) is 17.9 Å². The molecule has 1 fully saturated rings. The fraction of sp³-hybridized carbons (Fsp3) is 0.231. The van der Waals surface area contributed by atoms with Gasteiger partial charge in [0.05, 0.1) is 13.5 Å². The largest absolute Gasteiger partial charge is 0.493 e. The molecule has 3 amide bonds. The van der Waals surface area contributed by atoms with Gasteiger partial charge in [0.25, 0.3) is 5.91 Å². The molecule has 2 N–H and O–H groups in total. The van der Waals surface area contributed by atoms with Crippen LogP contribution in [-0.2, 0) is 9.59 Å². The van der Waals surface area contributed by atoms with Gasteiger partial charge in [0.15, 0.2) is 11.5 Å². The Morgan fingerprint density at radius 1 is 1.33 bits per heavy atom. The van der Waals surface area contributed by atoms with Crippen LogP contribution in [-0.4, -0.2) is 37.3 Å². The maximum Gasteiger partial charge on any atom is 0.322 e. The zero-order valence-electron chi connectivity index (χ0n) is 11.0. The molecule has 0 bridgehead atoms. The first-order valence-electron chi connectivity index (χ1n) is 5.98. The lowest BCUT2D eigenvalue weighted by molar-refractivity contribution is -0.136. The van der Waals surface area contributed by atoms with Crippen molar-refractivity contribution in [2.75, 3.05) is 7.11 Å². The highest BCUT2D eigenvalue weighted by Crippen LogP contribution is 2.28. The lowest BCUT2D eigenvalue weighted by atomic mass is 10.2. The maximum absolute atomic E-state index is 11.8. The number of carbonyl (C=O) groups excluding carboxylic acids is 4. The smallest absolute Gasteiger partial charge is 0.322 e. The summed E-state index contributed by atoms with van der Waals surface area (Å²) in [5.41, 5.74) is 0.370. The molecule has 21 heavy (non-hydrogen) atoms. The van der Waals surface area contributed by atoms with E-state index in [1.54, 1.807) is 0 Å². The predicted molar refractivity (Wildman–Crippen MR) is 69.1 cm³/mol. The van der Waals surface area contributed by atoms with E-state index >= 15 is 0 Å². The third kappa shape index (κ3) is 3.35. The molecule has 0 spiro atoms. The molecule has 8 nitrogen and oxygen atoms in total. The number of amides is 3. The lowest BCUT2D eigenvalue weighted by Gasteiger charge is -2.11. The summed E-state index contributed by atoms with van der Waals surface area (Å²) in [5.74, 6) is -0.958. The van der Waals surface area contributed by atoms with Crippen molar-refractivity contribution in [3.63, 3.8) is 0 Å². The first kappa shape index (κ1) is 14.5. The number of methoxy groups -OCH3 is 1. The Balaban J connectivity index is 2.04. The molecule has 1 aliphatic rings. The van der Waals surface area contributed by atoms with Gasteiger partial charge in [-0.1, -0.05) is 0 Å². The molecular weight excluding hydrogens is 280 g/mol. The number of esters is 1. The van der Waals surface area contributed by atoms with Crippen molar-refractivity contribution in [1.29, 1.82) is 0 Å². The first-order chi connectivity index (χ1) is 10.0. The van der Waals surface area contributed by atoms with Gasteiger partial charge in [-0.2, -0.15) is 0 Å². The number of aldehydes is 1.